The van der Waals surface area contributed by atoms with E-state index in [2.05, 4.69) is 0 Å². The first-order chi connectivity index (χ1) is 18.9. The minimum Gasteiger partial charge on any atom is -0.492 e. The quantitative estimate of drug-likeness (QED) is 0.291. The van der Waals surface area contributed by atoms with E-state index in [4.69, 9.17) is 19.9 Å². The van der Waals surface area contributed by atoms with Crippen LogP contribution >= 0.6 is 11.3 Å². The number of anilines is 1. The van der Waals surface area contributed by atoms with Crippen molar-refractivity contribution in [1.29, 1.82) is 0 Å². The number of fused-ring (bicyclic) bond motifs is 2. The SMILES string of the molecule is COC(=O)C(C)(C)COc1c(C(C)=O)sc2c1c(=O)c1cc(F)c(N3CC[C@@H]([C@H](C)N)C3)c(OC)c1n2C1CC1. The Balaban J connectivity index is 1.77. The number of aromatic nitrogens is 1. The van der Waals surface area contributed by atoms with Gasteiger partial charge in [-0.2, -0.15) is 0 Å². The number of rotatable bonds is 9. The Morgan fingerprint density at radius 1 is 1.23 bits per heavy atom. The molecule has 2 atom stereocenters. The zero-order valence-corrected chi connectivity index (χ0v) is 24.6. The second-order valence-corrected chi connectivity index (χ2v) is 12.6. The molecule has 1 aromatic carbocycles. The van der Waals surface area contributed by atoms with Crippen molar-refractivity contribution in [3.8, 4) is 11.5 Å². The molecule has 2 aliphatic rings. The fourth-order valence-electron chi connectivity index (χ4n) is 5.58. The highest BCUT2D eigenvalue weighted by Gasteiger charge is 2.37. The van der Waals surface area contributed by atoms with Crippen LogP contribution < -0.4 is 25.5 Å². The van der Waals surface area contributed by atoms with E-state index >= 15 is 4.39 Å². The highest BCUT2D eigenvalue weighted by molar-refractivity contribution is 7.21. The average Bonchev–Trinajstić information content (AvgIpc) is 3.48. The van der Waals surface area contributed by atoms with Gasteiger partial charge in [0.15, 0.2) is 23.1 Å². The summed E-state index contributed by atoms with van der Waals surface area (Å²) in [4.78, 5) is 41.9. The number of hydrogen-bond acceptors (Lipinski definition) is 9. The van der Waals surface area contributed by atoms with Gasteiger partial charge in [0.2, 0.25) is 5.43 Å². The highest BCUT2D eigenvalue weighted by Crippen LogP contribution is 2.49. The van der Waals surface area contributed by atoms with Gasteiger partial charge in [-0.05, 0) is 52.0 Å². The lowest BCUT2D eigenvalue weighted by Crippen LogP contribution is -2.32. The normalized spacial score (nSPS) is 18.4. The lowest BCUT2D eigenvalue weighted by molar-refractivity contribution is -0.152. The summed E-state index contributed by atoms with van der Waals surface area (Å²) in [5, 5.41) is 0.369. The second-order valence-electron chi connectivity index (χ2n) is 11.6. The average molecular weight is 574 g/mol. The maximum Gasteiger partial charge on any atom is 0.314 e. The minimum absolute atomic E-state index is 0.0255. The molecule has 216 valence electrons. The molecule has 0 bridgehead atoms. The molecule has 5 rings (SSSR count). The molecule has 0 amide bonds. The number of ether oxygens (including phenoxy) is 3. The summed E-state index contributed by atoms with van der Waals surface area (Å²) in [6, 6.07) is 1.31. The Hall–Kier alpha value is -3.18. The fourth-order valence-corrected chi connectivity index (χ4v) is 6.79. The van der Waals surface area contributed by atoms with E-state index in [1.807, 2.05) is 16.4 Å². The molecule has 0 spiro atoms. The van der Waals surface area contributed by atoms with E-state index < -0.39 is 22.6 Å². The van der Waals surface area contributed by atoms with E-state index in [0.717, 1.165) is 19.3 Å². The molecule has 1 saturated heterocycles. The molecule has 1 aliphatic carbocycles. The van der Waals surface area contributed by atoms with E-state index in [0.29, 0.717) is 34.9 Å². The molecule has 2 N–H and O–H groups in total. The third kappa shape index (κ3) is 4.62. The van der Waals surface area contributed by atoms with Crippen molar-refractivity contribution < 1.29 is 28.2 Å². The van der Waals surface area contributed by atoms with Crippen LogP contribution in [-0.4, -0.2) is 56.3 Å². The van der Waals surface area contributed by atoms with Crippen molar-refractivity contribution in [3.05, 3.63) is 27.0 Å². The van der Waals surface area contributed by atoms with E-state index in [9.17, 15) is 14.4 Å². The third-order valence-corrected chi connectivity index (χ3v) is 9.27. The van der Waals surface area contributed by atoms with Gasteiger partial charge < -0.3 is 29.4 Å². The van der Waals surface area contributed by atoms with Crippen LogP contribution in [0.15, 0.2) is 10.9 Å². The van der Waals surface area contributed by atoms with Gasteiger partial charge in [0, 0.05) is 32.1 Å². The number of halogens is 1. The molecule has 0 radical (unpaired) electrons. The van der Waals surface area contributed by atoms with Crippen LogP contribution in [0.4, 0.5) is 10.1 Å². The molecule has 11 heteroatoms. The Bertz CT molecular complexity index is 1570. The van der Waals surface area contributed by atoms with Gasteiger partial charge in [-0.1, -0.05) is 0 Å². The molecule has 1 saturated carbocycles. The molecule has 40 heavy (non-hydrogen) atoms. The molecule has 2 aromatic heterocycles. The van der Waals surface area contributed by atoms with Crippen molar-refractivity contribution in [2.24, 2.45) is 17.1 Å². The van der Waals surface area contributed by atoms with Crippen LogP contribution in [0.1, 0.15) is 62.7 Å². The summed E-state index contributed by atoms with van der Waals surface area (Å²) < 4.78 is 34.8. The number of Topliss-reactive ketones (excluding diaryl/α,β-unsaturated/α-hetero) is 1. The molecule has 0 unspecified atom stereocenters. The maximum atomic E-state index is 15.9. The smallest absolute Gasteiger partial charge is 0.314 e. The number of esters is 1. The predicted molar refractivity (Wildman–Crippen MR) is 154 cm³/mol. The van der Waals surface area contributed by atoms with Crippen LogP contribution in [0.25, 0.3) is 21.1 Å². The van der Waals surface area contributed by atoms with Crippen molar-refractivity contribution in [3.63, 3.8) is 0 Å². The number of ketones is 1. The van der Waals surface area contributed by atoms with E-state index in [1.165, 1.54) is 38.5 Å². The van der Waals surface area contributed by atoms with Crippen LogP contribution in [0.3, 0.4) is 0 Å². The van der Waals surface area contributed by atoms with Gasteiger partial charge in [-0.25, -0.2) is 4.39 Å². The first-order valence-electron chi connectivity index (χ1n) is 13.5. The van der Waals surface area contributed by atoms with Crippen LogP contribution in [0.2, 0.25) is 0 Å². The topological polar surface area (TPSA) is 113 Å². The molecule has 3 heterocycles. The lowest BCUT2D eigenvalue weighted by atomic mass is 9.95. The van der Waals surface area contributed by atoms with Crippen molar-refractivity contribution in [2.75, 3.05) is 38.8 Å². The molecular weight excluding hydrogens is 537 g/mol. The number of nitrogens with two attached hydrogens (primary N) is 1. The van der Waals surface area contributed by atoms with E-state index in [1.54, 1.807) is 13.8 Å². The maximum absolute atomic E-state index is 15.9. The van der Waals surface area contributed by atoms with Crippen LogP contribution in [0, 0.1) is 17.2 Å². The molecule has 1 aliphatic heterocycles. The van der Waals surface area contributed by atoms with E-state index in [-0.39, 0.29) is 51.8 Å². The van der Waals surface area contributed by atoms with Gasteiger partial charge in [0.25, 0.3) is 0 Å². The summed E-state index contributed by atoms with van der Waals surface area (Å²) in [7, 11) is 2.78. The summed E-state index contributed by atoms with van der Waals surface area (Å²) in [5.74, 6) is -0.658. The highest BCUT2D eigenvalue weighted by atomic mass is 32.1. The van der Waals surface area contributed by atoms with Gasteiger partial charge in [-0.15, -0.1) is 11.3 Å². The van der Waals surface area contributed by atoms with Gasteiger partial charge in [0.05, 0.1) is 30.5 Å². The standard InChI is InChI=1S/C29H36FN3O6S/c1-14(31)16-9-10-32(12-16)22-19(30)11-18-21(25(22)37-5)33(17-7-8-17)27-20(23(18)35)24(26(40-27)15(2)34)39-13-29(3,4)28(36)38-6/h11,14,16-17H,7-10,12-13,31H2,1-6H3/t14-,16+/m0/s1. The Kier molecular flexibility index (Phi) is 7.33. The number of carbonyl (C=O) groups is 2. The fraction of sp³-hybridized carbons (Fsp3) is 0.552. The Morgan fingerprint density at radius 3 is 2.48 bits per heavy atom. The first-order valence-corrected chi connectivity index (χ1v) is 14.4. The number of thiophene rings is 1. The Labute approximate surface area is 236 Å². The molecule has 3 aromatic rings. The second kappa shape index (κ2) is 10.3. The van der Waals surface area contributed by atoms with Gasteiger partial charge in [0.1, 0.15) is 27.4 Å². The number of methoxy groups -OCH3 is 2. The minimum atomic E-state index is -1.03. The number of hydrogen-bond donors (Lipinski definition) is 1. The first kappa shape index (κ1) is 28.4. The number of carbonyl (C=O) groups excluding carboxylic acids is 2. The Morgan fingerprint density at radius 2 is 1.93 bits per heavy atom. The molecule has 9 nitrogen and oxygen atoms in total. The number of benzene rings is 1. The summed E-state index contributed by atoms with van der Waals surface area (Å²) in [6.45, 7) is 7.80. The lowest BCUT2D eigenvalue weighted by Gasteiger charge is -2.25. The zero-order valence-electron chi connectivity index (χ0n) is 23.8. The monoisotopic (exact) mass is 573 g/mol. The number of nitrogens with zero attached hydrogens (tertiary/aromatic N) is 2. The summed E-state index contributed by atoms with van der Waals surface area (Å²) in [6.07, 6.45) is 2.58. The largest absolute Gasteiger partial charge is 0.492 e. The van der Waals surface area contributed by atoms with Gasteiger partial charge >= 0.3 is 5.97 Å². The van der Waals surface area contributed by atoms with Crippen molar-refractivity contribution in [1.82, 2.24) is 4.57 Å². The molecule has 2 fully saturated rings. The molecular formula is C29H36FN3O6S. The van der Waals surface area contributed by atoms with Crippen molar-refractivity contribution >= 4 is 49.9 Å². The zero-order chi connectivity index (χ0) is 29.1. The van der Waals surface area contributed by atoms with Crippen LogP contribution in [-0.2, 0) is 9.53 Å². The van der Waals surface area contributed by atoms with Crippen LogP contribution in [0.5, 0.6) is 11.5 Å². The predicted octanol–water partition coefficient (Wildman–Crippen LogP) is 4.65. The summed E-state index contributed by atoms with van der Waals surface area (Å²) >= 11 is 1.18. The van der Waals surface area contributed by atoms with Gasteiger partial charge in [-0.3, -0.25) is 14.4 Å². The number of pyridine rings is 1. The van der Waals surface area contributed by atoms with Crippen molar-refractivity contribution in [2.45, 2.75) is 59.0 Å². The summed E-state index contributed by atoms with van der Waals surface area (Å²) in [5.41, 5.74) is 5.51. The third-order valence-electron chi connectivity index (χ3n) is 8.00.